The Labute approximate surface area is 119 Å². The summed E-state index contributed by atoms with van der Waals surface area (Å²) in [6, 6.07) is 0. The SMILES string of the molecule is C=C(C)C(COC)C/C(C)=C\CC/C=C(\C)COC. The zero-order chi connectivity index (χ0) is 14.7. The molecule has 0 bridgehead atoms. The first-order chi connectivity index (χ1) is 9.01. The smallest absolute Gasteiger partial charge is 0.0670 e. The van der Waals surface area contributed by atoms with E-state index < -0.39 is 0 Å². The molecule has 0 aromatic carbocycles. The van der Waals surface area contributed by atoms with E-state index in [0.717, 1.165) is 32.5 Å². The maximum absolute atomic E-state index is 5.24. The summed E-state index contributed by atoms with van der Waals surface area (Å²) < 4.78 is 10.3. The average Bonchev–Trinajstić information content (AvgIpc) is 2.34. The van der Waals surface area contributed by atoms with Gasteiger partial charge in [0.2, 0.25) is 0 Å². The van der Waals surface area contributed by atoms with E-state index in [4.69, 9.17) is 9.47 Å². The van der Waals surface area contributed by atoms with Gasteiger partial charge in [0, 0.05) is 20.1 Å². The first-order valence-electron chi connectivity index (χ1n) is 6.95. The molecule has 0 aliphatic carbocycles. The molecule has 0 radical (unpaired) electrons. The second-order valence-corrected chi connectivity index (χ2v) is 5.31. The van der Waals surface area contributed by atoms with E-state index in [1.165, 1.54) is 16.7 Å². The summed E-state index contributed by atoms with van der Waals surface area (Å²) in [6.07, 6.45) is 7.78. The largest absolute Gasteiger partial charge is 0.384 e. The molecule has 2 heteroatoms. The van der Waals surface area contributed by atoms with Crippen molar-refractivity contribution in [2.24, 2.45) is 5.92 Å². The fourth-order valence-electron chi connectivity index (χ4n) is 1.99. The minimum Gasteiger partial charge on any atom is -0.384 e. The molecule has 0 aliphatic heterocycles. The van der Waals surface area contributed by atoms with E-state index in [-0.39, 0.29) is 0 Å². The highest BCUT2D eigenvalue weighted by atomic mass is 16.5. The fraction of sp³-hybridized carbons (Fsp3) is 0.647. The van der Waals surface area contributed by atoms with Crippen LogP contribution >= 0.6 is 0 Å². The van der Waals surface area contributed by atoms with Crippen LogP contribution in [0.4, 0.5) is 0 Å². The first-order valence-corrected chi connectivity index (χ1v) is 6.95. The first kappa shape index (κ1) is 18.1. The summed E-state index contributed by atoms with van der Waals surface area (Å²) in [5.41, 5.74) is 3.92. The van der Waals surface area contributed by atoms with Crippen molar-refractivity contribution in [3.63, 3.8) is 0 Å². The second-order valence-electron chi connectivity index (χ2n) is 5.31. The van der Waals surface area contributed by atoms with Gasteiger partial charge in [0.15, 0.2) is 0 Å². The number of hydrogen-bond acceptors (Lipinski definition) is 2. The zero-order valence-electron chi connectivity index (χ0n) is 13.3. The molecule has 2 nitrogen and oxygen atoms in total. The normalized spacial score (nSPS) is 14.6. The van der Waals surface area contributed by atoms with Crippen LogP contribution in [0, 0.1) is 5.92 Å². The van der Waals surface area contributed by atoms with Gasteiger partial charge < -0.3 is 9.47 Å². The zero-order valence-corrected chi connectivity index (χ0v) is 13.3. The van der Waals surface area contributed by atoms with E-state index >= 15 is 0 Å². The molecular formula is C17H30O2. The number of hydrogen-bond donors (Lipinski definition) is 0. The molecule has 0 fully saturated rings. The molecule has 1 unspecified atom stereocenters. The van der Waals surface area contributed by atoms with Crippen LogP contribution in [0.2, 0.25) is 0 Å². The van der Waals surface area contributed by atoms with Crippen molar-refractivity contribution in [2.75, 3.05) is 27.4 Å². The topological polar surface area (TPSA) is 18.5 Å². The van der Waals surface area contributed by atoms with Gasteiger partial charge in [-0.3, -0.25) is 0 Å². The van der Waals surface area contributed by atoms with Gasteiger partial charge in [-0.2, -0.15) is 0 Å². The maximum atomic E-state index is 5.24. The summed E-state index contributed by atoms with van der Waals surface area (Å²) in [5.74, 6) is 0.437. The highest BCUT2D eigenvalue weighted by molar-refractivity contribution is 5.08. The molecule has 0 aliphatic rings. The van der Waals surface area contributed by atoms with Crippen LogP contribution in [0.15, 0.2) is 35.5 Å². The fourth-order valence-corrected chi connectivity index (χ4v) is 1.99. The van der Waals surface area contributed by atoms with Gasteiger partial charge in [-0.1, -0.05) is 35.5 Å². The molecule has 0 saturated carbocycles. The van der Waals surface area contributed by atoms with Crippen LogP contribution in [0.5, 0.6) is 0 Å². The Balaban J connectivity index is 4.12. The average molecular weight is 266 g/mol. The van der Waals surface area contributed by atoms with Gasteiger partial charge in [-0.25, -0.2) is 0 Å². The summed E-state index contributed by atoms with van der Waals surface area (Å²) in [6.45, 7) is 11.9. The third-order valence-corrected chi connectivity index (χ3v) is 3.16. The van der Waals surface area contributed by atoms with E-state index in [1.807, 2.05) is 0 Å². The third kappa shape index (κ3) is 9.69. The lowest BCUT2D eigenvalue weighted by atomic mass is 9.94. The second kappa shape index (κ2) is 11.0. The molecule has 0 aromatic rings. The van der Waals surface area contributed by atoms with Crippen molar-refractivity contribution in [3.05, 3.63) is 35.5 Å². The van der Waals surface area contributed by atoms with Crippen molar-refractivity contribution in [1.29, 1.82) is 0 Å². The van der Waals surface area contributed by atoms with Gasteiger partial charge in [-0.15, -0.1) is 0 Å². The van der Waals surface area contributed by atoms with Gasteiger partial charge in [0.1, 0.15) is 0 Å². The van der Waals surface area contributed by atoms with Gasteiger partial charge in [-0.05, 0) is 40.0 Å². The highest BCUT2D eigenvalue weighted by Crippen LogP contribution is 2.19. The minimum atomic E-state index is 0.437. The van der Waals surface area contributed by atoms with Crippen LogP contribution in [-0.2, 0) is 9.47 Å². The molecule has 0 amide bonds. The Morgan fingerprint density at radius 2 is 1.58 bits per heavy atom. The molecular weight excluding hydrogens is 236 g/mol. The minimum absolute atomic E-state index is 0.437. The Morgan fingerprint density at radius 1 is 1.00 bits per heavy atom. The van der Waals surface area contributed by atoms with Crippen molar-refractivity contribution in [3.8, 4) is 0 Å². The summed E-state index contributed by atoms with van der Waals surface area (Å²) in [7, 11) is 3.48. The molecule has 0 N–H and O–H groups in total. The monoisotopic (exact) mass is 266 g/mol. The number of rotatable bonds is 10. The Bertz CT molecular complexity index is 313. The summed E-state index contributed by atoms with van der Waals surface area (Å²) in [5, 5.41) is 0. The van der Waals surface area contributed by atoms with Crippen LogP contribution in [0.1, 0.15) is 40.0 Å². The number of allylic oxidation sites excluding steroid dienone is 3. The lowest BCUT2D eigenvalue weighted by molar-refractivity contribution is 0.166. The lowest BCUT2D eigenvalue weighted by Gasteiger charge is -2.16. The summed E-state index contributed by atoms with van der Waals surface area (Å²) in [4.78, 5) is 0. The Hall–Kier alpha value is -0.860. The number of ether oxygens (including phenoxy) is 2. The van der Waals surface area contributed by atoms with Crippen LogP contribution < -0.4 is 0 Å². The molecule has 0 rings (SSSR count). The summed E-state index contributed by atoms with van der Waals surface area (Å²) >= 11 is 0. The molecule has 19 heavy (non-hydrogen) atoms. The van der Waals surface area contributed by atoms with E-state index in [2.05, 4.69) is 39.5 Å². The van der Waals surface area contributed by atoms with Gasteiger partial charge in [0.25, 0.3) is 0 Å². The maximum Gasteiger partial charge on any atom is 0.0670 e. The van der Waals surface area contributed by atoms with Crippen LogP contribution in [0.3, 0.4) is 0 Å². The predicted molar refractivity (Wildman–Crippen MR) is 83.4 cm³/mol. The van der Waals surface area contributed by atoms with Crippen molar-refractivity contribution in [1.82, 2.24) is 0 Å². The Morgan fingerprint density at radius 3 is 2.05 bits per heavy atom. The van der Waals surface area contributed by atoms with E-state index in [9.17, 15) is 0 Å². The predicted octanol–water partition coefficient (Wildman–Crippen LogP) is 4.53. The van der Waals surface area contributed by atoms with E-state index in [1.54, 1.807) is 14.2 Å². The number of methoxy groups -OCH3 is 2. The quantitative estimate of drug-likeness (QED) is 0.427. The number of unbranched alkanes of at least 4 members (excludes halogenated alkanes) is 1. The van der Waals surface area contributed by atoms with Crippen LogP contribution in [0.25, 0.3) is 0 Å². The van der Waals surface area contributed by atoms with Crippen LogP contribution in [-0.4, -0.2) is 27.4 Å². The lowest BCUT2D eigenvalue weighted by Crippen LogP contribution is -2.09. The molecule has 0 spiro atoms. The molecule has 0 aromatic heterocycles. The molecule has 1 atom stereocenters. The molecule has 110 valence electrons. The molecule has 0 saturated heterocycles. The standard InChI is InChI=1S/C17H30O2/c1-14(2)17(13-19-6)11-15(3)9-7-8-10-16(4)12-18-5/h9-10,17H,1,7-8,11-13H2,2-6H3/b15-9-,16-10+. The highest BCUT2D eigenvalue weighted by Gasteiger charge is 2.09. The Kier molecular flexibility index (Phi) is 10.5. The van der Waals surface area contributed by atoms with Gasteiger partial charge >= 0.3 is 0 Å². The van der Waals surface area contributed by atoms with Crippen molar-refractivity contribution >= 4 is 0 Å². The van der Waals surface area contributed by atoms with Crippen molar-refractivity contribution in [2.45, 2.75) is 40.0 Å². The van der Waals surface area contributed by atoms with E-state index in [0.29, 0.717) is 5.92 Å². The van der Waals surface area contributed by atoms with Gasteiger partial charge in [0.05, 0.1) is 13.2 Å². The third-order valence-electron chi connectivity index (χ3n) is 3.16. The van der Waals surface area contributed by atoms with Crippen molar-refractivity contribution < 1.29 is 9.47 Å². The molecule has 0 heterocycles.